The number of urea groups is 1. The van der Waals surface area contributed by atoms with Crippen LogP contribution in [0.5, 0.6) is 11.6 Å². The van der Waals surface area contributed by atoms with E-state index in [2.05, 4.69) is 20.6 Å². The first-order chi connectivity index (χ1) is 14.5. The topological polar surface area (TPSA) is 81.1 Å². The van der Waals surface area contributed by atoms with Gasteiger partial charge in [0.05, 0.1) is 0 Å². The van der Waals surface area contributed by atoms with Gasteiger partial charge >= 0.3 is 6.03 Å². The number of hydrogen-bond donors (Lipinski definition) is 2. The highest BCUT2D eigenvalue weighted by Crippen LogP contribution is 2.23. The number of hydrogen-bond acceptors (Lipinski definition) is 4. The number of carbonyl (C=O) groups excluding carboxylic acids is 1. The van der Waals surface area contributed by atoms with Crippen LogP contribution in [0.1, 0.15) is 5.82 Å². The van der Waals surface area contributed by atoms with Crippen LogP contribution in [-0.2, 0) is 0 Å². The number of halogens is 1. The largest absolute Gasteiger partial charge is 0.439 e. The predicted octanol–water partition coefficient (Wildman–Crippen LogP) is 5.67. The van der Waals surface area contributed by atoms with Gasteiger partial charge in [0.1, 0.15) is 17.4 Å². The van der Waals surface area contributed by atoms with Crippen molar-refractivity contribution in [3.8, 4) is 17.4 Å². The molecular weight excluding hydrogens is 402 g/mol. The number of carbonyl (C=O) groups is 1. The third-order valence-electron chi connectivity index (χ3n) is 4.11. The zero-order valence-corrected chi connectivity index (χ0v) is 16.8. The second-order valence-corrected chi connectivity index (χ2v) is 6.85. The van der Waals surface area contributed by atoms with E-state index in [4.69, 9.17) is 16.3 Å². The Kier molecular flexibility index (Phi) is 5.63. The van der Waals surface area contributed by atoms with E-state index in [0.29, 0.717) is 33.9 Å². The maximum atomic E-state index is 12.1. The molecule has 0 aliphatic carbocycles. The van der Waals surface area contributed by atoms with Crippen LogP contribution in [0.3, 0.4) is 0 Å². The summed E-state index contributed by atoms with van der Waals surface area (Å²) in [4.78, 5) is 20.9. The molecule has 0 radical (unpaired) electrons. The van der Waals surface area contributed by atoms with Gasteiger partial charge in [0, 0.05) is 34.9 Å². The van der Waals surface area contributed by atoms with Crippen molar-refractivity contribution in [1.29, 1.82) is 0 Å². The maximum Gasteiger partial charge on any atom is 0.323 e. The molecule has 2 N–H and O–H groups in total. The second kappa shape index (κ2) is 8.67. The van der Waals surface area contributed by atoms with Gasteiger partial charge < -0.3 is 19.9 Å². The number of benzene rings is 2. The van der Waals surface area contributed by atoms with Gasteiger partial charge in [-0.2, -0.15) is 4.98 Å². The minimum Gasteiger partial charge on any atom is -0.439 e. The van der Waals surface area contributed by atoms with E-state index in [9.17, 15) is 4.79 Å². The Balaban J connectivity index is 1.40. The van der Waals surface area contributed by atoms with Crippen LogP contribution in [-0.4, -0.2) is 20.6 Å². The summed E-state index contributed by atoms with van der Waals surface area (Å²) in [5, 5.41) is 6.11. The smallest absolute Gasteiger partial charge is 0.323 e. The monoisotopic (exact) mass is 419 g/mol. The van der Waals surface area contributed by atoms with Gasteiger partial charge in [-0.1, -0.05) is 11.6 Å². The van der Waals surface area contributed by atoms with Crippen molar-refractivity contribution in [3.63, 3.8) is 0 Å². The number of amides is 2. The minimum absolute atomic E-state index is 0.353. The average molecular weight is 420 g/mol. The summed E-state index contributed by atoms with van der Waals surface area (Å²) >= 11 is 5.84. The molecule has 2 aromatic carbocycles. The van der Waals surface area contributed by atoms with Gasteiger partial charge in [-0.25, -0.2) is 9.78 Å². The first kappa shape index (κ1) is 19.5. The van der Waals surface area contributed by atoms with Crippen LogP contribution in [0.4, 0.5) is 16.2 Å². The lowest BCUT2D eigenvalue weighted by Gasteiger charge is -2.10. The zero-order valence-electron chi connectivity index (χ0n) is 16.0. The predicted molar refractivity (Wildman–Crippen MR) is 117 cm³/mol. The summed E-state index contributed by atoms with van der Waals surface area (Å²) in [5.74, 6) is 2.36. The summed E-state index contributed by atoms with van der Waals surface area (Å²) in [6.45, 7) is 1.81. The molecule has 2 aromatic heterocycles. The number of nitrogens with one attached hydrogen (secondary N) is 2. The fourth-order valence-electron chi connectivity index (χ4n) is 2.75. The van der Waals surface area contributed by atoms with Crippen molar-refractivity contribution < 1.29 is 9.53 Å². The van der Waals surface area contributed by atoms with Crippen molar-refractivity contribution >= 4 is 29.0 Å². The molecule has 7 nitrogen and oxygen atoms in total. The van der Waals surface area contributed by atoms with Gasteiger partial charge in [-0.3, -0.25) is 0 Å². The minimum atomic E-state index is -0.353. The molecular formula is C22H18ClN5O2. The Bertz CT molecular complexity index is 1140. The van der Waals surface area contributed by atoms with Gasteiger partial charge in [0.25, 0.3) is 0 Å². The zero-order chi connectivity index (χ0) is 20.9. The number of rotatable bonds is 5. The number of nitrogens with zero attached hydrogens (tertiary/aromatic N) is 3. The third kappa shape index (κ3) is 4.95. The van der Waals surface area contributed by atoms with Gasteiger partial charge in [-0.05, 0) is 67.6 Å². The first-order valence-electron chi connectivity index (χ1n) is 9.16. The molecule has 2 amide bonds. The fraction of sp³-hybridized carbons (Fsp3) is 0.0455. The van der Waals surface area contributed by atoms with E-state index in [-0.39, 0.29) is 6.03 Å². The molecule has 0 aliphatic heterocycles. The summed E-state index contributed by atoms with van der Waals surface area (Å²) in [6.07, 6.45) is 3.81. The molecule has 0 saturated carbocycles. The lowest BCUT2D eigenvalue weighted by Crippen LogP contribution is -2.19. The molecule has 0 bridgehead atoms. The van der Waals surface area contributed by atoms with E-state index >= 15 is 0 Å². The molecule has 0 aliphatic rings. The molecule has 0 saturated heterocycles. The van der Waals surface area contributed by atoms with Crippen LogP contribution in [0, 0.1) is 6.92 Å². The third-order valence-corrected chi connectivity index (χ3v) is 4.36. The lowest BCUT2D eigenvalue weighted by molar-refractivity contribution is 0.262. The summed E-state index contributed by atoms with van der Waals surface area (Å²) in [5.41, 5.74) is 1.27. The molecule has 30 heavy (non-hydrogen) atoms. The molecule has 0 spiro atoms. The highest BCUT2D eigenvalue weighted by molar-refractivity contribution is 6.30. The Hall–Kier alpha value is -3.84. The fourth-order valence-corrected chi connectivity index (χ4v) is 2.88. The lowest BCUT2D eigenvalue weighted by atomic mass is 10.3. The van der Waals surface area contributed by atoms with E-state index in [1.165, 1.54) is 0 Å². The highest BCUT2D eigenvalue weighted by Gasteiger charge is 2.07. The molecule has 4 aromatic rings. The first-order valence-corrected chi connectivity index (χ1v) is 9.53. The molecule has 8 heteroatoms. The van der Waals surface area contributed by atoms with Crippen molar-refractivity contribution in [2.75, 3.05) is 10.6 Å². The molecule has 0 fully saturated rings. The van der Waals surface area contributed by atoms with Crippen molar-refractivity contribution in [2.24, 2.45) is 0 Å². The molecule has 2 heterocycles. The van der Waals surface area contributed by atoms with Crippen LogP contribution >= 0.6 is 11.6 Å². The molecule has 0 atom stereocenters. The number of aryl methyl sites for hydroxylation is 1. The average Bonchev–Trinajstić information content (AvgIpc) is 3.26. The van der Waals surface area contributed by atoms with Gasteiger partial charge in [0.15, 0.2) is 0 Å². The van der Waals surface area contributed by atoms with E-state index < -0.39 is 0 Å². The normalized spacial score (nSPS) is 10.5. The SMILES string of the molecule is Cc1nc(Oc2ccc(NC(=O)Nc3ccc(Cl)cc3)cc2)cc(-n2cccc2)n1. The van der Waals surface area contributed by atoms with E-state index in [1.807, 2.05) is 36.0 Å². The molecule has 4 rings (SSSR count). The number of ether oxygens (including phenoxy) is 1. The van der Waals surface area contributed by atoms with E-state index in [1.54, 1.807) is 54.6 Å². The van der Waals surface area contributed by atoms with Crippen LogP contribution < -0.4 is 15.4 Å². The summed E-state index contributed by atoms with van der Waals surface area (Å²) in [6, 6.07) is 19.1. The van der Waals surface area contributed by atoms with E-state index in [0.717, 1.165) is 5.82 Å². The van der Waals surface area contributed by atoms with Crippen LogP contribution in [0.15, 0.2) is 79.1 Å². The van der Waals surface area contributed by atoms with Crippen LogP contribution in [0.2, 0.25) is 5.02 Å². The summed E-state index contributed by atoms with van der Waals surface area (Å²) in [7, 11) is 0. The van der Waals surface area contributed by atoms with Crippen molar-refractivity contribution in [2.45, 2.75) is 6.92 Å². The van der Waals surface area contributed by atoms with Crippen molar-refractivity contribution in [1.82, 2.24) is 14.5 Å². The van der Waals surface area contributed by atoms with Crippen molar-refractivity contribution in [3.05, 3.63) is 90.0 Å². The Morgan fingerprint density at radius 2 is 1.53 bits per heavy atom. The van der Waals surface area contributed by atoms with Gasteiger partial charge in [0.2, 0.25) is 5.88 Å². The number of aromatic nitrogens is 3. The quantitative estimate of drug-likeness (QED) is 0.437. The Morgan fingerprint density at radius 3 is 2.17 bits per heavy atom. The standard InChI is InChI=1S/C22H18ClN5O2/c1-15-24-20(28-12-2-3-13-28)14-21(25-15)30-19-10-8-18(9-11-19)27-22(29)26-17-6-4-16(23)5-7-17/h2-14H,1H3,(H2,26,27,29). The van der Waals surface area contributed by atoms with Crippen LogP contribution in [0.25, 0.3) is 5.82 Å². The Labute approximate surface area is 178 Å². The maximum absolute atomic E-state index is 12.1. The second-order valence-electron chi connectivity index (χ2n) is 6.41. The molecule has 0 unspecified atom stereocenters. The highest BCUT2D eigenvalue weighted by atomic mass is 35.5. The Morgan fingerprint density at radius 1 is 0.933 bits per heavy atom. The number of anilines is 2. The van der Waals surface area contributed by atoms with Gasteiger partial charge in [-0.15, -0.1) is 0 Å². The molecule has 150 valence electrons. The summed E-state index contributed by atoms with van der Waals surface area (Å²) < 4.78 is 7.74.